The Kier molecular flexibility index (Phi) is 3.79. The highest BCUT2D eigenvalue weighted by atomic mass is 35.5. The molecule has 2 aromatic rings. The Hall–Kier alpha value is -1.65. The maximum Gasteiger partial charge on any atom is 0.122 e. The normalized spacial score (nSPS) is 17.3. The van der Waals surface area contributed by atoms with Crippen molar-refractivity contribution in [2.75, 3.05) is 6.61 Å². The highest BCUT2D eigenvalue weighted by Crippen LogP contribution is 2.28. The van der Waals surface area contributed by atoms with E-state index in [1.165, 1.54) is 0 Å². The van der Waals surface area contributed by atoms with E-state index in [1.54, 1.807) is 18.6 Å². The monoisotopic (exact) mass is 263 g/mol. The van der Waals surface area contributed by atoms with Crippen LogP contribution in [0.3, 0.4) is 0 Å². The van der Waals surface area contributed by atoms with Gasteiger partial charge in [0.1, 0.15) is 12.4 Å². The van der Waals surface area contributed by atoms with E-state index in [4.69, 9.17) is 10.5 Å². The van der Waals surface area contributed by atoms with Crippen molar-refractivity contribution in [2.24, 2.45) is 5.73 Å². The van der Waals surface area contributed by atoms with E-state index >= 15 is 0 Å². The van der Waals surface area contributed by atoms with Crippen molar-refractivity contribution in [3.8, 4) is 17.0 Å². The van der Waals surface area contributed by atoms with Gasteiger partial charge in [-0.3, -0.25) is 9.97 Å². The second-order valence-corrected chi connectivity index (χ2v) is 4.19. The van der Waals surface area contributed by atoms with Gasteiger partial charge in [0, 0.05) is 24.0 Å². The first kappa shape index (κ1) is 12.8. The molecule has 94 valence electrons. The lowest BCUT2D eigenvalue weighted by Gasteiger charge is -2.22. The fourth-order valence-electron chi connectivity index (χ4n) is 2.03. The number of fused-ring (bicyclic) bond motifs is 1. The van der Waals surface area contributed by atoms with E-state index in [1.807, 2.05) is 12.1 Å². The second-order valence-electron chi connectivity index (χ2n) is 4.19. The van der Waals surface area contributed by atoms with Crippen LogP contribution in [0.15, 0.2) is 36.8 Å². The van der Waals surface area contributed by atoms with Gasteiger partial charge in [0.25, 0.3) is 0 Å². The highest BCUT2D eigenvalue weighted by Gasteiger charge is 2.17. The van der Waals surface area contributed by atoms with Gasteiger partial charge in [-0.2, -0.15) is 0 Å². The van der Waals surface area contributed by atoms with Crippen molar-refractivity contribution in [1.29, 1.82) is 0 Å². The Bertz CT molecular complexity index is 533. The van der Waals surface area contributed by atoms with Crippen LogP contribution in [-0.2, 0) is 6.42 Å². The predicted molar refractivity (Wildman–Crippen MR) is 71.9 cm³/mol. The summed E-state index contributed by atoms with van der Waals surface area (Å²) in [5.74, 6) is 0.930. The zero-order valence-electron chi connectivity index (χ0n) is 9.74. The molecule has 0 radical (unpaired) electrons. The molecule has 3 rings (SSSR count). The third-order valence-electron chi connectivity index (χ3n) is 2.85. The first-order valence-corrected chi connectivity index (χ1v) is 5.60. The van der Waals surface area contributed by atoms with Crippen LogP contribution in [0.25, 0.3) is 11.3 Å². The van der Waals surface area contributed by atoms with E-state index < -0.39 is 0 Å². The summed E-state index contributed by atoms with van der Waals surface area (Å²) in [5, 5.41) is 0. The summed E-state index contributed by atoms with van der Waals surface area (Å²) in [7, 11) is 0. The molecule has 1 aromatic carbocycles. The Labute approximate surface area is 112 Å². The molecule has 1 aliphatic heterocycles. The van der Waals surface area contributed by atoms with Crippen LogP contribution in [0.1, 0.15) is 5.56 Å². The highest BCUT2D eigenvalue weighted by molar-refractivity contribution is 5.85. The second kappa shape index (κ2) is 5.33. The average molecular weight is 264 g/mol. The van der Waals surface area contributed by atoms with Crippen molar-refractivity contribution in [2.45, 2.75) is 12.5 Å². The molecule has 0 spiro atoms. The summed E-state index contributed by atoms with van der Waals surface area (Å²) >= 11 is 0. The van der Waals surface area contributed by atoms with Crippen LogP contribution in [0.5, 0.6) is 5.75 Å². The number of ether oxygens (including phenoxy) is 1. The fraction of sp³-hybridized carbons (Fsp3) is 0.231. The third-order valence-corrected chi connectivity index (χ3v) is 2.85. The first-order valence-electron chi connectivity index (χ1n) is 5.60. The molecular formula is C13H14ClN3O. The summed E-state index contributed by atoms with van der Waals surface area (Å²) in [6.07, 6.45) is 5.97. The molecule has 0 fully saturated rings. The minimum absolute atomic E-state index is 0. The van der Waals surface area contributed by atoms with Crippen molar-refractivity contribution in [1.82, 2.24) is 9.97 Å². The van der Waals surface area contributed by atoms with Crippen LogP contribution in [0.4, 0.5) is 0 Å². The van der Waals surface area contributed by atoms with Crippen molar-refractivity contribution >= 4 is 12.4 Å². The average Bonchev–Trinajstić information content (AvgIpc) is 2.39. The van der Waals surface area contributed by atoms with Crippen LogP contribution < -0.4 is 10.5 Å². The smallest absolute Gasteiger partial charge is 0.122 e. The standard InChI is InChI=1S/C13H13N3O.ClH/c14-11-6-10-5-9(1-2-13(10)17-8-11)12-7-15-3-4-16-12;/h1-5,7,11H,6,8,14H2;1H/t11-;/m1./s1. The molecule has 1 aliphatic rings. The maximum absolute atomic E-state index is 5.89. The molecule has 2 heterocycles. The quantitative estimate of drug-likeness (QED) is 0.853. The SMILES string of the molecule is Cl.N[C@H]1COc2ccc(-c3cnccn3)cc2C1. The lowest BCUT2D eigenvalue weighted by atomic mass is 10.00. The van der Waals surface area contributed by atoms with Crippen molar-refractivity contribution in [3.05, 3.63) is 42.4 Å². The molecule has 0 unspecified atom stereocenters. The predicted octanol–water partition coefficient (Wildman–Crippen LogP) is 1.83. The number of aromatic nitrogens is 2. The third kappa shape index (κ3) is 2.44. The summed E-state index contributed by atoms with van der Waals surface area (Å²) in [6, 6.07) is 6.14. The molecule has 0 saturated heterocycles. The largest absolute Gasteiger partial charge is 0.492 e. The summed E-state index contributed by atoms with van der Waals surface area (Å²) in [5.41, 5.74) is 8.95. The molecule has 4 nitrogen and oxygen atoms in total. The fourth-order valence-corrected chi connectivity index (χ4v) is 2.03. The number of nitrogens with two attached hydrogens (primary N) is 1. The van der Waals surface area contributed by atoms with Gasteiger partial charge in [-0.15, -0.1) is 12.4 Å². The number of hydrogen-bond acceptors (Lipinski definition) is 4. The minimum Gasteiger partial charge on any atom is -0.492 e. The van der Waals surface area contributed by atoms with Gasteiger partial charge in [-0.1, -0.05) is 0 Å². The first-order chi connectivity index (χ1) is 8.33. The van der Waals surface area contributed by atoms with E-state index in [9.17, 15) is 0 Å². The number of benzene rings is 1. The Morgan fingerprint density at radius 1 is 1.28 bits per heavy atom. The number of hydrogen-bond donors (Lipinski definition) is 1. The molecular weight excluding hydrogens is 250 g/mol. The van der Waals surface area contributed by atoms with E-state index in [0.29, 0.717) is 6.61 Å². The van der Waals surface area contributed by atoms with Crippen LogP contribution in [-0.4, -0.2) is 22.6 Å². The zero-order valence-corrected chi connectivity index (χ0v) is 10.6. The number of rotatable bonds is 1. The maximum atomic E-state index is 5.89. The van der Waals surface area contributed by atoms with Gasteiger partial charge in [-0.25, -0.2) is 0 Å². The molecule has 2 N–H and O–H groups in total. The Balaban J connectivity index is 0.00000120. The van der Waals surface area contributed by atoms with Crippen molar-refractivity contribution < 1.29 is 4.74 Å². The molecule has 0 aliphatic carbocycles. The lowest BCUT2D eigenvalue weighted by molar-refractivity contribution is 0.263. The number of nitrogens with zero attached hydrogens (tertiary/aromatic N) is 2. The van der Waals surface area contributed by atoms with Gasteiger partial charge >= 0.3 is 0 Å². The molecule has 18 heavy (non-hydrogen) atoms. The van der Waals surface area contributed by atoms with Crippen LogP contribution >= 0.6 is 12.4 Å². The van der Waals surface area contributed by atoms with Gasteiger partial charge in [0.15, 0.2) is 0 Å². The summed E-state index contributed by atoms with van der Waals surface area (Å²) in [6.45, 7) is 0.595. The van der Waals surface area contributed by atoms with Crippen LogP contribution in [0.2, 0.25) is 0 Å². The topological polar surface area (TPSA) is 61.0 Å². The zero-order chi connectivity index (χ0) is 11.7. The van der Waals surface area contributed by atoms with E-state index in [2.05, 4.69) is 16.0 Å². The van der Waals surface area contributed by atoms with Gasteiger partial charge in [0.05, 0.1) is 11.9 Å². The lowest BCUT2D eigenvalue weighted by Crippen LogP contribution is -2.33. The Morgan fingerprint density at radius 2 is 2.17 bits per heavy atom. The van der Waals surface area contributed by atoms with Crippen molar-refractivity contribution in [3.63, 3.8) is 0 Å². The number of halogens is 1. The van der Waals surface area contributed by atoms with Gasteiger partial charge in [-0.05, 0) is 30.2 Å². The summed E-state index contributed by atoms with van der Waals surface area (Å²) < 4.78 is 5.57. The minimum atomic E-state index is 0. The van der Waals surface area contributed by atoms with E-state index in [0.717, 1.165) is 29.0 Å². The molecule has 1 atom stereocenters. The molecule has 0 amide bonds. The molecule has 5 heteroatoms. The molecule has 1 aromatic heterocycles. The van der Waals surface area contributed by atoms with E-state index in [-0.39, 0.29) is 18.4 Å². The summed E-state index contributed by atoms with van der Waals surface area (Å²) in [4.78, 5) is 8.35. The van der Waals surface area contributed by atoms with Gasteiger partial charge < -0.3 is 10.5 Å². The Morgan fingerprint density at radius 3 is 2.94 bits per heavy atom. The molecule has 0 saturated carbocycles. The van der Waals surface area contributed by atoms with Gasteiger partial charge in [0.2, 0.25) is 0 Å². The molecule has 0 bridgehead atoms. The van der Waals surface area contributed by atoms with Crippen LogP contribution in [0, 0.1) is 0 Å².